The number of hydrogen-bond acceptors (Lipinski definition) is 2. The van der Waals surface area contributed by atoms with E-state index in [9.17, 15) is 4.79 Å². The van der Waals surface area contributed by atoms with Gasteiger partial charge in [0.2, 0.25) is 0 Å². The molecule has 0 aromatic heterocycles. The molecule has 1 aromatic carbocycles. The number of aryl methyl sites for hydroxylation is 1. The van der Waals surface area contributed by atoms with Crippen molar-refractivity contribution in [3.63, 3.8) is 0 Å². The van der Waals surface area contributed by atoms with E-state index in [1.54, 1.807) is 6.92 Å². The summed E-state index contributed by atoms with van der Waals surface area (Å²) >= 11 is 0. The Balaban J connectivity index is 2.78. The first kappa shape index (κ1) is 10.2. The van der Waals surface area contributed by atoms with Crippen LogP contribution in [0.25, 0.3) is 0 Å². The lowest BCUT2D eigenvalue weighted by Crippen LogP contribution is -2.25. The van der Waals surface area contributed by atoms with Crippen molar-refractivity contribution in [3.8, 4) is 0 Å². The van der Waals surface area contributed by atoms with Crippen LogP contribution in [0.2, 0.25) is 0 Å². The van der Waals surface area contributed by atoms with Gasteiger partial charge in [-0.25, -0.2) is 10.2 Å². The van der Waals surface area contributed by atoms with Crippen LogP contribution in [0.4, 0.5) is 4.79 Å². The highest BCUT2D eigenvalue weighted by atomic mass is 16.2. The van der Waals surface area contributed by atoms with Gasteiger partial charge in [0.1, 0.15) is 0 Å². The summed E-state index contributed by atoms with van der Waals surface area (Å²) in [6.45, 7) is 3.82. The molecule has 0 heterocycles. The SMILES string of the molecule is CC(=NNC(N)=O)c1ccc(C)cc1. The zero-order valence-corrected chi connectivity index (χ0v) is 8.24. The number of urea groups is 1. The number of carbonyl (C=O) groups excluding carboxylic acids is 1. The van der Waals surface area contributed by atoms with Crippen LogP contribution in [-0.4, -0.2) is 11.7 Å². The average molecular weight is 191 g/mol. The predicted molar refractivity (Wildman–Crippen MR) is 56.1 cm³/mol. The first-order valence-electron chi connectivity index (χ1n) is 4.26. The zero-order chi connectivity index (χ0) is 10.6. The van der Waals surface area contributed by atoms with Gasteiger partial charge in [-0.15, -0.1) is 0 Å². The molecule has 3 N–H and O–H groups in total. The Labute approximate surface area is 82.8 Å². The molecular formula is C10H13N3O. The van der Waals surface area contributed by atoms with Crippen LogP contribution < -0.4 is 11.2 Å². The Kier molecular flexibility index (Phi) is 3.23. The molecule has 4 nitrogen and oxygen atoms in total. The predicted octanol–water partition coefficient (Wildman–Crippen LogP) is 1.39. The van der Waals surface area contributed by atoms with Crippen molar-refractivity contribution in [1.82, 2.24) is 5.43 Å². The molecule has 0 aliphatic rings. The van der Waals surface area contributed by atoms with Crippen molar-refractivity contribution in [2.45, 2.75) is 13.8 Å². The number of benzene rings is 1. The lowest BCUT2D eigenvalue weighted by atomic mass is 10.1. The minimum Gasteiger partial charge on any atom is -0.350 e. The summed E-state index contributed by atoms with van der Waals surface area (Å²) in [6.07, 6.45) is 0. The first-order chi connectivity index (χ1) is 6.59. The van der Waals surface area contributed by atoms with Gasteiger partial charge in [0.25, 0.3) is 0 Å². The second kappa shape index (κ2) is 4.41. The number of hydrogen-bond donors (Lipinski definition) is 2. The number of hydrazone groups is 1. The maximum absolute atomic E-state index is 10.4. The van der Waals surface area contributed by atoms with Crippen LogP contribution in [0.1, 0.15) is 18.1 Å². The Bertz CT molecular complexity index is 354. The van der Waals surface area contributed by atoms with Gasteiger partial charge in [0.05, 0.1) is 5.71 Å². The van der Waals surface area contributed by atoms with Gasteiger partial charge >= 0.3 is 6.03 Å². The molecule has 4 heteroatoms. The summed E-state index contributed by atoms with van der Waals surface area (Å²) in [7, 11) is 0. The molecule has 0 saturated heterocycles. The highest BCUT2D eigenvalue weighted by molar-refractivity contribution is 5.99. The second-order valence-electron chi connectivity index (χ2n) is 3.04. The van der Waals surface area contributed by atoms with Gasteiger partial charge in [0.15, 0.2) is 0 Å². The Morgan fingerprint density at radius 1 is 1.36 bits per heavy atom. The fourth-order valence-corrected chi connectivity index (χ4v) is 0.998. The Morgan fingerprint density at radius 3 is 2.43 bits per heavy atom. The van der Waals surface area contributed by atoms with Crippen LogP contribution in [0.5, 0.6) is 0 Å². The quantitative estimate of drug-likeness (QED) is 0.538. The van der Waals surface area contributed by atoms with Crippen molar-refractivity contribution in [2.24, 2.45) is 10.8 Å². The lowest BCUT2D eigenvalue weighted by molar-refractivity contribution is 0.249. The fourth-order valence-electron chi connectivity index (χ4n) is 0.998. The van der Waals surface area contributed by atoms with Gasteiger partial charge in [0, 0.05) is 0 Å². The third-order valence-electron chi connectivity index (χ3n) is 1.80. The van der Waals surface area contributed by atoms with E-state index in [-0.39, 0.29) is 0 Å². The fraction of sp³-hybridized carbons (Fsp3) is 0.200. The molecule has 1 aromatic rings. The number of amides is 2. The monoisotopic (exact) mass is 191 g/mol. The third-order valence-corrected chi connectivity index (χ3v) is 1.80. The summed E-state index contributed by atoms with van der Waals surface area (Å²) in [4.78, 5) is 10.4. The van der Waals surface area contributed by atoms with E-state index in [1.165, 1.54) is 5.56 Å². The molecule has 0 bridgehead atoms. The molecule has 0 atom stereocenters. The zero-order valence-electron chi connectivity index (χ0n) is 8.24. The number of primary amides is 1. The van der Waals surface area contributed by atoms with Gasteiger partial charge in [-0.2, -0.15) is 5.10 Å². The van der Waals surface area contributed by atoms with Crippen LogP contribution in [-0.2, 0) is 0 Å². The van der Waals surface area contributed by atoms with E-state index < -0.39 is 6.03 Å². The van der Waals surface area contributed by atoms with Crippen molar-refractivity contribution in [2.75, 3.05) is 0 Å². The van der Waals surface area contributed by atoms with Crippen LogP contribution in [0.15, 0.2) is 29.4 Å². The Hall–Kier alpha value is -1.84. The summed E-state index contributed by atoms with van der Waals surface area (Å²) in [5, 5.41) is 3.82. The minimum atomic E-state index is -0.656. The summed E-state index contributed by atoms with van der Waals surface area (Å²) < 4.78 is 0. The highest BCUT2D eigenvalue weighted by Crippen LogP contribution is 2.03. The van der Waals surface area contributed by atoms with E-state index in [1.807, 2.05) is 31.2 Å². The second-order valence-corrected chi connectivity index (χ2v) is 3.04. The van der Waals surface area contributed by atoms with E-state index in [2.05, 4.69) is 10.5 Å². The number of nitrogens with one attached hydrogen (secondary N) is 1. The van der Waals surface area contributed by atoms with E-state index >= 15 is 0 Å². The first-order valence-corrected chi connectivity index (χ1v) is 4.26. The molecule has 0 aliphatic heterocycles. The van der Waals surface area contributed by atoms with Crippen LogP contribution >= 0.6 is 0 Å². The maximum atomic E-state index is 10.4. The minimum absolute atomic E-state index is 0.656. The number of carbonyl (C=O) groups is 1. The van der Waals surface area contributed by atoms with Gasteiger partial charge in [-0.1, -0.05) is 29.8 Å². The molecule has 0 spiro atoms. The van der Waals surface area contributed by atoms with E-state index in [0.717, 1.165) is 11.3 Å². The van der Waals surface area contributed by atoms with Crippen molar-refractivity contribution >= 4 is 11.7 Å². The molecule has 2 amide bonds. The van der Waals surface area contributed by atoms with Gasteiger partial charge < -0.3 is 5.73 Å². The molecule has 74 valence electrons. The molecular weight excluding hydrogens is 178 g/mol. The molecule has 0 aliphatic carbocycles. The van der Waals surface area contributed by atoms with Gasteiger partial charge in [-0.3, -0.25) is 0 Å². The topological polar surface area (TPSA) is 67.5 Å². The van der Waals surface area contributed by atoms with Crippen LogP contribution in [0, 0.1) is 6.92 Å². The summed E-state index contributed by atoms with van der Waals surface area (Å²) in [5.41, 5.74) is 9.94. The summed E-state index contributed by atoms with van der Waals surface area (Å²) in [6, 6.07) is 7.20. The third kappa shape index (κ3) is 2.90. The normalized spacial score (nSPS) is 11.1. The molecule has 0 unspecified atom stereocenters. The van der Waals surface area contributed by atoms with Crippen molar-refractivity contribution < 1.29 is 4.79 Å². The Morgan fingerprint density at radius 2 is 1.93 bits per heavy atom. The average Bonchev–Trinajstić information content (AvgIpc) is 2.15. The number of nitrogens with zero attached hydrogens (tertiary/aromatic N) is 1. The van der Waals surface area contributed by atoms with E-state index in [0.29, 0.717) is 0 Å². The standard InChI is InChI=1S/C10H13N3O/c1-7-3-5-9(6-4-7)8(2)12-13-10(11)14/h3-6H,1-2H3,(H3,11,13,14). The van der Waals surface area contributed by atoms with Crippen molar-refractivity contribution in [1.29, 1.82) is 0 Å². The summed E-state index contributed by atoms with van der Waals surface area (Å²) in [5.74, 6) is 0. The van der Waals surface area contributed by atoms with Crippen molar-refractivity contribution in [3.05, 3.63) is 35.4 Å². The molecule has 0 radical (unpaired) electrons. The largest absolute Gasteiger partial charge is 0.350 e. The molecule has 0 fully saturated rings. The van der Waals surface area contributed by atoms with E-state index in [4.69, 9.17) is 5.73 Å². The highest BCUT2D eigenvalue weighted by Gasteiger charge is 1.96. The van der Waals surface area contributed by atoms with Gasteiger partial charge in [-0.05, 0) is 19.4 Å². The maximum Gasteiger partial charge on any atom is 0.332 e. The number of nitrogens with two attached hydrogens (primary N) is 1. The number of rotatable bonds is 2. The molecule has 14 heavy (non-hydrogen) atoms. The smallest absolute Gasteiger partial charge is 0.332 e. The van der Waals surface area contributed by atoms with Crippen LogP contribution in [0.3, 0.4) is 0 Å². The lowest BCUT2D eigenvalue weighted by Gasteiger charge is -2.01. The molecule has 0 saturated carbocycles. The molecule has 1 rings (SSSR count).